The Bertz CT molecular complexity index is 665. The van der Waals surface area contributed by atoms with Crippen molar-refractivity contribution in [1.29, 1.82) is 0 Å². The van der Waals surface area contributed by atoms with E-state index in [1.807, 2.05) is 0 Å². The molecule has 0 amide bonds. The first-order valence-electron chi connectivity index (χ1n) is 6.09. The van der Waals surface area contributed by atoms with E-state index in [4.69, 9.17) is 5.14 Å². The monoisotopic (exact) mass is 303 g/mol. The second-order valence-corrected chi connectivity index (χ2v) is 8.74. The van der Waals surface area contributed by atoms with E-state index in [0.29, 0.717) is 18.4 Å². The highest BCUT2D eigenvalue weighted by molar-refractivity contribution is 7.91. The van der Waals surface area contributed by atoms with E-state index in [-0.39, 0.29) is 22.3 Å². The molecular weight excluding hydrogens is 286 g/mol. The zero-order valence-electron chi connectivity index (χ0n) is 10.4. The van der Waals surface area contributed by atoms with Gasteiger partial charge in [0.1, 0.15) is 0 Å². The van der Waals surface area contributed by atoms with Gasteiger partial charge in [0, 0.05) is 0 Å². The fraction of sp³-hybridized carbons (Fsp3) is 0.500. The molecule has 1 aromatic rings. The lowest BCUT2D eigenvalue weighted by molar-refractivity contribution is 0.481. The lowest BCUT2D eigenvalue weighted by Gasteiger charge is -2.22. The average molecular weight is 303 g/mol. The van der Waals surface area contributed by atoms with Crippen molar-refractivity contribution < 1.29 is 16.8 Å². The summed E-state index contributed by atoms with van der Waals surface area (Å²) in [5.74, 6) is 0.341. The largest absolute Gasteiger partial charge is 0.238 e. The van der Waals surface area contributed by atoms with Gasteiger partial charge in [-0.3, -0.25) is 0 Å². The number of rotatable bonds is 3. The van der Waals surface area contributed by atoms with Crippen molar-refractivity contribution in [3.8, 4) is 0 Å². The number of nitrogens with two attached hydrogens (primary N) is 1. The molecule has 0 bridgehead atoms. The fourth-order valence-corrected chi connectivity index (χ4v) is 5.10. The van der Waals surface area contributed by atoms with Gasteiger partial charge < -0.3 is 0 Å². The molecule has 7 heteroatoms. The van der Waals surface area contributed by atoms with Crippen LogP contribution in [-0.2, 0) is 26.3 Å². The molecule has 1 aliphatic heterocycles. The van der Waals surface area contributed by atoms with E-state index in [2.05, 4.69) is 0 Å². The Morgan fingerprint density at radius 3 is 2.58 bits per heavy atom. The van der Waals surface area contributed by atoms with Crippen LogP contribution in [0.2, 0.25) is 0 Å². The maximum Gasteiger partial charge on any atom is 0.238 e. The lowest BCUT2D eigenvalue weighted by Crippen LogP contribution is -2.27. The van der Waals surface area contributed by atoms with Crippen LogP contribution in [0.1, 0.15) is 18.4 Å². The Labute approximate surface area is 113 Å². The molecule has 1 aliphatic rings. The highest BCUT2D eigenvalue weighted by atomic mass is 32.2. The second kappa shape index (κ2) is 5.22. The Kier molecular flexibility index (Phi) is 3.98. The minimum atomic E-state index is -3.76. The normalized spacial score (nSPS) is 23.1. The van der Waals surface area contributed by atoms with E-state index in [9.17, 15) is 16.8 Å². The van der Waals surface area contributed by atoms with E-state index >= 15 is 0 Å². The van der Waals surface area contributed by atoms with Crippen LogP contribution >= 0.6 is 0 Å². The van der Waals surface area contributed by atoms with Crippen molar-refractivity contribution in [3.63, 3.8) is 0 Å². The van der Waals surface area contributed by atoms with Gasteiger partial charge in [0.2, 0.25) is 10.0 Å². The summed E-state index contributed by atoms with van der Waals surface area (Å²) in [7, 11) is -6.74. The van der Waals surface area contributed by atoms with Gasteiger partial charge >= 0.3 is 0 Å². The average Bonchev–Trinajstić information content (AvgIpc) is 2.26. The van der Waals surface area contributed by atoms with Crippen molar-refractivity contribution in [2.75, 3.05) is 11.5 Å². The van der Waals surface area contributed by atoms with Crippen molar-refractivity contribution >= 4 is 19.9 Å². The van der Waals surface area contributed by atoms with Gasteiger partial charge in [0.25, 0.3) is 0 Å². The number of hydrogen-bond acceptors (Lipinski definition) is 4. The number of sulfone groups is 1. The van der Waals surface area contributed by atoms with E-state index in [0.717, 1.165) is 6.42 Å². The molecule has 2 rings (SSSR count). The third-order valence-electron chi connectivity index (χ3n) is 3.35. The number of primary sulfonamides is 1. The van der Waals surface area contributed by atoms with Crippen molar-refractivity contribution in [3.05, 3.63) is 29.8 Å². The molecule has 0 spiro atoms. The molecule has 19 heavy (non-hydrogen) atoms. The molecule has 1 saturated heterocycles. The summed E-state index contributed by atoms with van der Waals surface area (Å²) in [5.41, 5.74) is 0.604. The summed E-state index contributed by atoms with van der Waals surface area (Å²) in [6.45, 7) is 0. The molecule has 106 valence electrons. The predicted octanol–water partition coefficient (Wildman–Crippen LogP) is 0.701. The summed E-state index contributed by atoms with van der Waals surface area (Å²) >= 11 is 0. The highest BCUT2D eigenvalue weighted by Crippen LogP contribution is 2.25. The van der Waals surface area contributed by atoms with Gasteiger partial charge in [-0.1, -0.05) is 18.2 Å². The zero-order valence-corrected chi connectivity index (χ0v) is 12.1. The van der Waals surface area contributed by atoms with Crippen LogP contribution in [0.3, 0.4) is 0 Å². The Morgan fingerprint density at radius 1 is 1.26 bits per heavy atom. The van der Waals surface area contributed by atoms with Gasteiger partial charge in [-0.25, -0.2) is 22.0 Å². The zero-order chi connectivity index (χ0) is 14.1. The quantitative estimate of drug-likeness (QED) is 0.889. The Hall–Kier alpha value is -0.920. The molecule has 1 heterocycles. The van der Waals surface area contributed by atoms with Gasteiger partial charge in [-0.15, -0.1) is 0 Å². The maximum atomic E-state index is 11.6. The number of sulfonamides is 1. The van der Waals surface area contributed by atoms with E-state index in [1.165, 1.54) is 6.07 Å². The third-order valence-corrected chi connectivity index (χ3v) is 6.25. The minimum Gasteiger partial charge on any atom is -0.229 e. The smallest absolute Gasteiger partial charge is 0.229 e. The number of benzene rings is 1. The fourth-order valence-electron chi connectivity index (χ4n) is 2.54. The summed E-state index contributed by atoms with van der Waals surface area (Å²) in [6.07, 6.45) is 1.88. The molecule has 0 saturated carbocycles. The first-order chi connectivity index (χ1) is 8.78. The molecular formula is C12H17NO4S2. The van der Waals surface area contributed by atoms with Crippen LogP contribution < -0.4 is 5.14 Å². The van der Waals surface area contributed by atoms with Crippen LogP contribution in [-0.4, -0.2) is 28.3 Å². The highest BCUT2D eigenvalue weighted by Gasteiger charge is 2.26. The first-order valence-corrected chi connectivity index (χ1v) is 9.46. The van der Waals surface area contributed by atoms with Crippen LogP contribution in [0.25, 0.3) is 0 Å². The second-order valence-electron chi connectivity index (χ2n) is 4.98. The molecule has 0 aromatic heterocycles. The summed E-state index contributed by atoms with van der Waals surface area (Å²) in [5, 5.41) is 5.17. The van der Waals surface area contributed by atoms with Crippen molar-refractivity contribution in [2.45, 2.75) is 24.2 Å². The number of hydrogen-bond donors (Lipinski definition) is 1. The van der Waals surface area contributed by atoms with Gasteiger partial charge in [0.15, 0.2) is 9.84 Å². The lowest BCUT2D eigenvalue weighted by atomic mass is 9.96. The van der Waals surface area contributed by atoms with Crippen LogP contribution in [0.15, 0.2) is 29.2 Å². The molecule has 0 radical (unpaired) electrons. The Balaban J connectivity index is 2.25. The first kappa shape index (κ1) is 14.5. The topological polar surface area (TPSA) is 94.3 Å². The molecule has 1 atom stereocenters. The maximum absolute atomic E-state index is 11.6. The van der Waals surface area contributed by atoms with Gasteiger partial charge in [0.05, 0.1) is 16.4 Å². The molecule has 5 nitrogen and oxygen atoms in total. The minimum absolute atomic E-state index is 0.0263. The van der Waals surface area contributed by atoms with E-state index in [1.54, 1.807) is 18.2 Å². The summed E-state index contributed by atoms with van der Waals surface area (Å²) < 4.78 is 46.1. The molecule has 2 N–H and O–H groups in total. The third kappa shape index (κ3) is 3.77. The molecule has 0 aliphatic carbocycles. The summed E-state index contributed by atoms with van der Waals surface area (Å²) in [6, 6.07) is 6.51. The summed E-state index contributed by atoms with van der Waals surface area (Å²) in [4.78, 5) is 0.0953. The Morgan fingerprint density at radius 2 is 1.95 bits per heavy atom. The van der Waals surface area contributed by atoms with Crippen molar-refractivity contribution in [2.24, 2.45) is 11.1 Å². The van der Waals surface area contributed by atoms with E-state index < -0.39 is 19.9 Å². The van der Waals surface area contributed by atoms with Crippen molar-refractivity contribution in [1.82, 2.24) is 0 Å². The predicted molar refractivity (Wildman–Crippen MR) is 72.9 cm³/mol. The van der Waals surface area contributed by atoms with Gasteiger partial charge in [-0.2, -0.15) is 0 Å². The van der Waals surface area contributed by atoms with Crippen LogP contribution in [0.4, 0.5) is 0 Å². The van der Waals surface area contributed by atoms with Crippen LogP contribution in [0.5, 0.6) is 0 Å². The molecule has 1 fully saturated rings. The standard InChI is InChI=1S/C12H17NO4S2/c13-19(16,17)12-6-2-1-5-11(12)8-10-4-3-7-18(14,15)9-10/h1-2,5-6,10H,3-4,7-9H2,(H2,13,16,17). The SMILES string of the molecule is NS(=O)(=O)c1ccccc1CC1CCCS(=O)(=O)C1. The van der Waals surface area contributed by atoms with Gasteiger partial charge in [-0.05, 0) is 36.8 Å². The van der Waals surface area contributed by atoms with Crippen LogP contribution in [0, 0.1) is 5.92 Å². The molecule has 1 unspecified atom stereocenters. The molecule has 1 aromatic carbocycles.